The van der Waals surface area contributed by atoms with Crippen molar-refractivity contribution in [3.05, 3.63) is 35.4 Å². The second-order valence-electron chi connectivity index (χ2n) is 5.56. The van der Waals surface area contributed by atoms with E-state index >= 15 is 0 Å². The number of halogens is 1. The molecule has 2 unspecified atom stereocenters. The predicted octanol–water partition coefficient (Wildman–Crippen LogP) is 3.37. The summed E-state index contributed by atoms with van der Waals surface area (Å²) in [5, 5.41) is 0. The Morgan fingerprint density at radius 2 is 1.84 bits per heavy atom. The van der Waals surface area contributed by atoms with Gasteiger partial charge in [-0.1, -0.05) is 37.6 Å². The lowest BCUT2D eigenvalue weighted by Crippen LogP contribution is -2.48. The SMILES string of the molecule is CCc1ccc(CN2CCCCC2C(C)N)cc1.Cl. The van der Waals surface area contributed by atoms with Crippen molar-refractivity contribution in [2.24, 2.45) is 5.73 Å². The minimum absolute atomic E-state index is 0. The van der Waals surface area contributed by atoms with E-state index in [0.717, 1.165) is 13.0 Å². The predicted molar refractivity (Wildman–Crippen MR) is 84.8 cm³/mol. The Morgan fingerprint density at radius 1 is 1.21 bits per heavy atom. The van der Waals surface area contributed by atoms with Gasteiger partial charge in [0.1, 0.15) is 0 Å². The van der Waals surface area contributed by atoms with Crippen LogP contribution in [-0.2, 0) is 13.0 Å². The molecule has 1 heterocycles. The van der Waals surface area contributed by atoms with Crippen molar-refractivity contribution in [1.82, 2.24) is 4.90 Å². The normalized spacial score (nSPS) is 21.7. The van der Waals surface area contributed by atoms with Gasteiger partial charge in [0.05, 0.1) is 0 Å². The van der Waals surface area contributed by atoms with Crippen LogP contribution in [0, 0.1) is 0 Å². The zero-order chi connectivity index (χ0) is 13.0. The molecular formula is C16H27ClN2. The zero-order valence-electron chi connectivity index (χ0n) is 12.1. The van der Waals surface area contributed by atoms with Gasteiger partial charge in [-0.25, -0.2) is 0 Å². The van der Waals surface area contributed by atoms with Gasteiger partial charge >= 0.3 is 0 Å². The third-order valence-corrected chi connectivity index (χ3v) is 4.09. The van der Waals surface area contributed by atoms with E-state index in [4.69, 9.17) is 5.73 Å². The van der Waals surface area contributed by atoms with Crippen LogP contribution in [0.25, 0.3) is 0 Å². The van der Waals surface area contributed by atoms with Crippen molar-refractivity contribution in [2.45, 2.75) is 58.2 Å². The molecular weight excluding hydrogens is 256 g/mol. The van der Waals surface area contributed by atoms with Gasteiger partial charge in [-0.05, 0) is 43.9 Å². The van der Waals surface area contributed by atoms with Gasteiger partial charge in [0.2, 0.25) is 0 Å². The summed E-state index contributed by atoms with van der Waals surface area (Å²) in [7, 11) is 0. The summed E-state index contributed by atoms with van der Waals surface area (Å²) in [6, 6.07) is 9.88. The molecule has 0 saturated carbocycles. The summed E-state index contributed by atoms with van der Waals surface area (Å²) in [5.74, 6) is 0. The molecule has 0 aliphatic carbocycles. The fourth-order valence-corrected chi connectivity index (χ4v) is 2.92. The van der Waals surface area contributed by atoms with Gasteiger partial charge in [-0.2, -0.15) is 0 Å². The van der Waals surface area contributed by atoms with Crippen molar-refractivity contribution >= 4 is 12.4 Å². The van der Waals surface area contributed by atoms with Crippen LogP contribution in [-0.4, -0.2) is 23.5 Å². The highest BCUT2D eigenvalue weighted by Gasteiger charge is 2.25. The third-order valence-electron chi connectivity index (χ3n) is 4.09. The summed E-state index contributed by atoms with van der Waals surface area (Å²) in [6.07, 6.45) is 5.02. The first-order chi connectivity index (χ1) is 8.70. The van der Waals surface area contributed by atoms with Gasteiger partial charge in [-0.15, -0.1) is 12.4 Å². The number of piperidine rings is 1. The van der Waals surface area contributed by atoms with Crippen molar-refractivity contribution < 1.29 is 0 Å². The molecule has 2 nitrogen and oxygen atoms in total. The van der Waals surface area contributed by atoms with Gasteiger partial charge in [0.15, 0.2) is 0 Å². The highest BCUT2D eigenvalue weighted by Crippen LogP contribution is 2.21. The molecule has 2 rings (SSSR count). The molecule has 1 fully saturated rings. The van der Waals surface area contributed by atoms with Gasteiger partial charge in [0, 0.05) is 18.6 Å². The van der Waals surface area contributed by atoms with Crippen molar-refractivity contribution in [3.8, 4) is 0 Å². The number of aryl methyl sites for hydroxylation is 1. The molecule has 108 valence electrons. The first kappa shape index (κ1) is 16.5. The summed E-state index contributed by atoms with van der Waals surface area (Å²) in [6.45, 7) is 6.59. The second kappa shape index (κ2) is 7.88. The zero-order valence-corrected chi connectivity index (χ0v) is 13.0. The highest BCUT2D eigenvalue weighted by atomic mass is 35.5. The van der Waals surface area contributed by atoms with Crippen molar-refractivity contribution in [3.63, 3.8) is 0 Å². The van der Waals surface area contributed by atoms with Gasteiger partial charge in [0.25, 0.3) is 0 Å². The van der Waals surface area contributed by atoms with E-state index < -0.39 is 0 Å². The van der Waals surface area contributed by atoms with E-state index in [1.807, 2.05) is 0 Å². The lowest BCUT2D eigenvalue weighted by atomic mass is 9.96. The van der Waals surface area contributed by atoms with Crippen LogP contribution >= 0.6 is 12.4 Å². The lowest BCUT2D eigenvalue weighted by Gasteiger charge is -2.38. The standard InChI is InChI=1S/C16H26N2.ClH/c1-3-14-7-9-15(10-8-14)12-18-11-5-4-6-16(18)13(2)17;/h7-10,13,16H,3-6,11-12,17H2,1-2H3;1H. The molecule has 0 bridgehead atoms. The maximum Gasteiger partial charge on any atom is 0.0248 e. The van der Waals surface area contributed by atoms with Crippen LogP contribution in [0.3, 0.4) is 0 Å². The van der Waals surface area contributed by atoms with E-state index in [9.17, 15) is 0 Å². The largest absolute Gasteiger partial charge is 0.327 e. The summed E-state index contributed by atoms with van der Waals surface area (Å²) in [4.78, 5) is 2.56. The average molecular weight is 283 g/mol. The fourth-order valence-electron chi connectivity index (χ4n) is 2.92. The lowest BCUT2D eigenvalue weighted by molar-refractivity contribution is 0.123. The molecule has 0 spiro atoms. The van der Waals surface area contributed by atoms with Crippen LogP contribution in [0.4, 0.5) is 0 Å². The van der Waals surface area contributed by atoms with E-state index in [-0.39, 0.29) is 18.4 Å². The fraction of sp³-hybridized carbons (Fsp3) is 0.625. The van der Waals surface area contributed by atoms with Crippen LogP contribution in [0.1, 0.15) is 44.2 Å². The topological polar surface area (TPSA) is 29.3 Å². The molecule has 0 radical (unpaired) electrons. The minimum atomic E-state index is 0. The molecule has 2 N–H and O–H groups in total. The smallest absolute Gasteiger partial charge is 0.0248 e. The van der Waals surface area contributed by atoms with E-state index in [2.05, 4.69) is 43.0 Å². The maximum atomic E-state index is 6.12. The monoisotopic (exact) mass is 282 g/mol. The first-order valence-corrected chi connectivity index (χ1v) is 7.28. The summed E-state index contributed by atoms with van der Waals surface area (Å²) >= 11 is 0. The highest BCUT2D eigenvalue weighted by molar-refractivity contribution is 5.85. The van der Waals surface area contributed by atoms with Crippen LogP contribution in [0.15, 0.2) is 24.3 Å². The Hall–Kier alpha value is -0.570. The van der Waals surface area contributed by atoms with E-state index in [1.165, 1.54) is 36.9 Å². The Balaban J connectivity index is 0.00000180. The number of nitrogens with two attached hydrogens (primary N) is 1. The minimum Gasteiger partial charge on any atom is -0.327 e. The number of hydrogen-bond acceptors (Lipinski definition) is 2. The van der Waals surface area contributed by atoms with Crippen molar-refractivity contribution in [1.29, 1.82) is 0 Å². The Kier molecular flexibility index (Phi) is 6.84. The molecule has 0 aromatic heterocycles. The second-order valence-corrected chi connectivity index (χ2v) is 5.56. The van der Waals surface area contributed by atoms with Gasteiger partial charge < -0.3 is 5.73 Å². The Bertz CT molecular complexity index is 362. The molecule has 1 aliphatic rings. The molecule has 1 aromatic carbocycles. The summed E-state index contributed by atoms with van der Waals surface area (Å²) < 4.78 is 0. The average Bonchev–Trinajstić information content (AvgIpc) is 2.40. The molecule has 0 amide bonds. The number of nitrogens with zero attached hydrogens (tertiary/aromatic N) is 1. The Morgan fingerprint density at radius 3 is 2.42 bits per heavy atom. The molecule has 1 aromatic rings. The maximum absolute atomic E-state index is 6.12. The van der Waals surface area contributed by atoms with Gasteiger partial charge in [-0.3, -0.25) is 4.90 Å². The quantitative estimate of drug-likeness (QED) is 0.917. The Labute approximate surface area is 123 Å². The molecule has 2 atom stereocenters. The molecule has 19 heavy (non-hydrogen) atoms. The third kappa shape index (κ3) is 4.48. The molecule has 3 heteroatoms. The van der Waals surface area contributed by atoms with Crippen LogP contribution < -0.4 is 5.73 Å². The van der Waals surface area contributed by atoms with Crippen molar-refractivity contribution in [2.75, 3.05) is 6.54 Å². The number of benzene rings is 1. The molecule has 1 aliphatic heterocycles. The molecule has 1 saturated heterocycles. The van der Waals surface area contributed by atoms with Crippen LogP contribution in [0.5, 0.6) is 0 Å². The van der Waals surface area contributed by atoms with E-state index in [0.29, 0.717) is 6.04 Å². The summed E-state index contributed by atoms with van der Waals surface area (Å²) in [5.41, 5.74) is 8.95. The number of hydrogen-bond donors (Lipinski definition) is 1. The van der Waals surface area contributed by atoms with E-state index in [1.54, 1.807) is 0 Å². The van der Waals surface area contributed by atoms with Crippen LogP contribution in [0.2, 0.25) is 0 Å². The number of likely N-dealkylation sites (tertiary alicyclic amines) is 1. The first-order valence-electron chi connectivity index (χ1n) is 7.28. The number of rotatable bonds is 4.